The number of ether oxygens (including phenoxy) is 1. The smallest absolute Gasteiger partial charge is 0.271 e. The maximum Gasteiger partial charge on any atom is 0.271 e. The van der Waals surface area contributed by atoms with Crippen LogP contribution in [0.4, 0.5) is 0 Å². The Morgan fingerprint density at radius 1 is 1.04 bits per heavy atom. The Morgan fingerprint density at radius 2 is 1.62 bits per heavy atom. The van der Waals surface area contributed by atoms with Crippen LogP contribution in [0, 0.1) is 0 Å². The van der Waals surface area contributed by atoms with Crippen LogP contribution in [-0.4, -0.2) is 24.2 Å². The van der Waals surface area contributed by atoms with Crippen molar-refractivity contribution in [3.8, 4) is 5.75 Å². The van der Waals surface area contributed by atoms with Crippen molar-refractivity contribution in [2.24, 2.45) is 5.10 Å². The molecule has 0 spiro atoms. The number of hydrazone groups is 1. The third kappa shape index (κ3) is 4.95. The second kappa shape index (κ2) is 7.92. The Labute approximate surface area is 139 Å². The number of aromatic carboxylic acids is 1. The average molecular weight is 325 g/mol. The van der Waals surface area contributed by atoms with Crippen molar-refractivity contribution in [2.75, 3.05) is 0 Å². The molecule has 0 heterocycles. The molecule has 6 nitrogen and oxygen atoms in total. The summed E-state index contributed by atoms with van der Waals surface area (Å²) in [4.78, 5) is 22.6. The molecule has 2 aromatic carbocycles. The first-order valence-corrected chi connectivity index (χ1v) is 7.37. The number of carboxylic acid groups (broad SMARTS) is 1. The topological polar surface area (TPSA) is 90.8 Å². The molecule has 124 valence electrons. The normalized spacial score (nSPS) is 10.8. The zero-order chi connectivity index (χ0) is 17.5. The van der Waals surface area contributed by atoms with Crippen molar-refractivity contribution in [1.29, 1.82) is 0 Å². The van der Waals surface area contributed by atoms with Crippen molar-refractivity contribution in [3.05, 3.63) is 65.2 Å². The van der Waals surface area contributed by atoms with E-state index in [2.05, 4.69) is 10.5 Å². The van der Waals surface area contributed by atoms with E-state index in [-0.39, 0.29) is 17.6 Å². The molecule has 2 rings (SSSR count). The molecular weight excluding hydrogens is 308 g/mol. The van der Waals surface area contributed by atoms with E-state index in [1.165, 1.54) is 18.3 Å². The lowest BCUT2D eigenvalue weighted by Gasteiger charge is -2.09. The van der Waals surface area contributed by atoms with Crippen LogP contribution < -0.4 is 15.3 Å². The number of hydrogen-bond donors (Lipinski definition) is 1. The summed E-state index contributed by atoms with van der Waals surface area (Å²) in [7, 11) is 0. The van der Waals surface area contributed by atoms with E-state index in [0.717, 1.165) is 0 Å². The largest absolute Gasteiger partial charge is 0.545 e. The maximum absolute atomic E-state index is 12.0. The Bertz CT molecular complexity index is 735. The van der Waals surface area contributed by atoms with Gasteiger partial charge in [0, 0.05) is 5.56 Å². The van der Waals surface area contributed by atoms with Gasteiger partial charge < -0.3 is 14.6 Å². The Kier molecular flexibility index (Phi) is 5.68. The van der Waals surface area contributed by atoms with Crippen LogP contribution in [0.15, 0.2) is 53.6 Å². The molecule has 1 N–H and O–H groups in total. The van der Waals surface area contributed by atoms with Crippen molar-refractivity contribution in [3.63, 3.8) is 0 Å². The minimum absolute atomic E-state index is 0.0672. The molecule has 0 radical (unpaired) electrons. The second-order valence-corrected chi connectivity index (χ2v) is 5.30. The predicted octanol–water partition coefficient (Wildman–Crippen LogP) is 1.60. The molecule has 0 saturated heterocycles. The lowest BCUT2D eigenvalue weighted by Crippen LogP contribution is -2.22. The number of hydrogen-bond acceptors (Lipinski definition) is 5. The third-order valence-electron chi connectivity index (χ3n) is 3.01. The number of carbonyl (C=O) groups excluding carboxylic acids is 2. The fourth-order valence-corrected chi connectivity index (χ4v) is 1.89. The molecule has 0 aromatic heterocycles. The van der Waals surface area contributed by atoms with Gasteiger partial charge in [0.2, 0.25) is 0 Å². The van der Waals surface area contributed by atoms with Gasteiger partial charge >= 0.3 is 0 Å². The monoisotopic (exact) mass is 325 g/mol. The van der Waals surface area contributed by atoms with Gasteiger partial charge in [-0.25, -0.2) is 5.43 Å². The molecule has 1 amide bonds. The highest BCUT2D eigenvalue weighted by Crippen LogP contribution is 2.13. The van der Waals surface area contributed by atoms with Crippen LogP contribution in [0.3, 0.4) is 0 Å². The van der Waals surface area contributed by atoms with Gasteiger partial charge in [-0.3, -0.25) is 4.79 Å². The maximum atomic E-state index is 12.0. The van der Waals surface area contributed by atoms with Gasteiger partial charge in [-0.15, -0.1) is 0 Å². The van der Waals surface area contributed by atoms with E-state index >= 15 is 0 Å². The van der Waals surface area contributed by atoms with Gasteiger partial charge in [0.15, 0.2) is 0 Å². The number of nitrogens with one attached hydrogen (secondary N) is 1. The van der Waals surface area contributed by atoms with Gasteiger partial charge in [-0.2, -0.15) is 5.10 Å². The minimum atomic E-state index is -1.24. The number of nitrogens with zero attached hydrogens (tertiary/aromatic N) is 1. The SMILES string of the molecule is CC(C)Oc1ccc(C(=O)N/N=C\c2ccc(C(=O)[O-])cc2)cc1. The Balaban J connectivity index is 1.93. The first-order valence-electron chi connectivity index (χ1n) is 7.37. The Morgan fingerprint density at radius 3 is 2.17 bits per heavy atom. The van der Waals surface area contributed by atoms with Crippen LogP contribution in [0.1, 0.15) is 40.1 Å². The van der Waals surface area contributed by atoms with Gasteiger partial charge in [0.05, 0.1) is 18.3 Å². The van der Waals surface area contributed by atoms with E-state index in [0.29, 0.717) is 16.9 Å². The molecular formula is C18H17N2O4-. The first-order chi connectivity index (χ1) is 11.5. The van der Waals surface area contributed by atoms with Crippen molar-refractivity contribution >= 4 is 18.1 Å². The number of benzene rings is 2. The summed E-state index contributed by atoms with van der Waals surface area (Å²) in [5.74, 6) is -0.900. The first kappa shape index (κ1) is 17.2. The van der Waals surface area contributed by atoms with Gasteiger partial charge in [-0.05, 0) is 49.2 Å². The number of carbonyl (C=O) groups is 2. The van der Waals surface area contributed by atoms with E-state index in [1.54, 1.807) is 36.4 Å². The highest BCUT2D eigenvalue weighted by atomic mass is 16.5. The summed E-state index contributed by atoms with van der Waals surface area (Å²) in [6.45, 7) is 3.85. The number of carboxylic acids is 1. The molecule has 6 heteroatoms. The molecule has 2 aromatic rings. The van der Waals surface area contributed by atoms with Gasteiger partial charge in [0.1, 0.15) is 5.75 Å². The summed E-state index contributed by atoms with van der Waals surface area (Å²) in [5, 5.41) is 14.5. The third-order valence-corrected chi connectivity index (χ3v) is 3.01. The number of amides is 1. The van der Waals surface area contributed by atoms with Gasteiger partial charge in [-0.1, -0.05) is 24.3 Å². The van der Waals surface area contributed by atoms with E-state index in [1.807, 2.05) is 13.8 Å². The van der Waals surface area contributed by atoms with Crippen LogP contribution in [0.2, 0.25) is 0 Å². The van der Waals surface area contributed by atoms with Crippen molar-refractivity contribution < 1.29 is 19.4 Å². The van der Waals surface area contributed by atoms with E-state index in [9.17, 15) is 14.7 Å². The summed E-state index contributed by atoms with van der Waals surface area (Å²) in [6.07, 6.45) is 1.49. The van der Waals surface area contributed by atoms with Crippen molar-refractivity contribution in [2.45, 2.75) is 20.0 Å². The second-order valence-electron chi connectivity index (χ2n) is 5.30. The molecule has 0 atom stereocenters. The van der Waals surface area contributed by atoms with Crippen molar-refractivity contribution in [1.82, 2.24) is 5.43 Å². The number of rotatable bonds is 6. The molecule has 0 bridgehead atoms. The average Bonchev–Trinajstić information content (AvgIpc) is 2.55. The highest BCUT2D eigenvalue weighted by Gasteiger charge is 2.05. The molecule has 0 aliphatic rings. The van der Waals surface area contributed by atoms with Crippen LogP contribution in [0.25, 0.3) is 0 Å². The zero-order valence-corrected chi connectivity index (χ0v) is 13.4. The lowest BCUT2D eigenvalue weighted by atomic mass is 10.1. The Hall–Kier alpha value is -3.15. The van der Waals surface area contributed by atoms with Crippen LogP contribution in [0.5, 0.6) is 5.75 Å². The molecule has 0 aliphatic heterocycles. The molecule has 0 fully saturated rings. The standard InChI is InChI=1S/C18H18N2O4/c1-12(2)24-16-9-7-14(8-10-16)17(21)20-19-11-13-3-5-15(6-4-13)18(22)23/h3-12H,1-2H3,(H,20,21)(H,22,23)/p-1/b19-11-. The quantitative estimate of drug-likeness (QED) is 0.645. The molecule has 0 unspecified atom stereocenters. The molecule has 0 aliphatic carbocycles. The predicted molar refractivity (Wildman–Crippen MR) is 88.0 cm³/mol. The summed E-state index contributed by atoms with van der Waals surface area (Å²) >= 11 is 0. The van der Waals surface area contributed by atoms with Crippen LogP contribution >= 0.6 is 0 Å². The molecule has 0 saturated carbocycles. The zero-order valence-electron chi connectivity index (χ0n) is 13.4. The minimum Gasteiger partial charge on any atom is -0.545 e. The van der Waals surface area contributed by atoms with Crippen LogP contribution in [-0.2, 0) is 0 Å². The van der Waals surface area contributed by atoms with E-state index < -0.39 is 5.97 Å². The lowest BCUT2D eigenvalue weighted by molar-refractivity contribution is -0.255. The highest BCUT2D eigenvalue weighted by molar-refractivity contribution is 5.95. The van der Waals surface area contributed by atoms with Gasteiger partial charge in [0.25, 0.3) is 5.91 Å². The fraction of sp³-hybridized carbons (Fsp3) is 0.167. The van der Waals surface area contributed by atoms with E-state index in [4.69, 9.17) is 4.74 Å². The summed E-state index contributed by atoms with van der Waals surface area (Å²) in [6, 6.07) is 12.7. The molecule has 24 heavy (non-hydrogen) atoms. The summed E-state index contributed by atoms with van der Waals surface area (Å²) < 4.78 is 5.51. The fourth-order valence-electron chi connectivity index (χ4n) is 1.89. The summed E-state index contributed by atoms with van der Waals surface area (Å²) in [5.41, 5.74) is 3.60.